The molecule has 3 rings (SSSR count). The molecule has 1 aliphatic heterocycles. The van der Waals surface area contributed by atoms with Crippen LogP contribution in [0.2, 0.25) is 0 Å². The SMILES string of the molecule is COc1ccc(COC[C@@H]2O[C@@H]2C/C=C\CCC[C@H](O)COCc2ccccc2)cc1. The number of unbranched alkanes of at least 4 members (excludes halogenated alkanes) is 1. The summed E-state index contributed by atoms with van der Waals surface area (Å²) in [5.74, 6) is 0.854. The minimum absolute atomic E-state index is 0.200. The van der Waals surface area contributed by atoms with Gasteiger partial charge in [-0.05, 0) is 48.9 Å². The van der Waals surface area contributed by atoms with Crippen molar-refractivity contribution in [3.05, 3.63) is 77.9 Å². The molecule has 0 aliphatic carbocycles. The molecular weight excluding hydrogens is 392 g/mol. The summed E-state index contributed by atoms with van der Waals surface area (Å²) < 4.78 is 22.1. The van der Waals surface area contributed by atoms with E-state index < -0.39 is 6.10 Å². The van der Waals surface area contributed by atoms with Gasteiger partial charge in [-0.25, -0.2) is 0 Å². The Kier molecular flexibility index (Phi) is 10.1. The van der Waals surface area contributed by atoms with E-state index >= 15 is 0 Å². The highest BCUT2D eigenvalue weighted by molar-refractivity contribution is 5.26. The maximum Gasteiger partial charge on any atom is 0.118 e. The van der Waals surface area contributed by atoms with Crippen molar-refractivity contribution in [3.8, 4) is 5.75 Å². The number of aliphatic hydroxyl groups is 1. The lowest BCUT2D eigenvalue weighted by Gasteiger charge is -2.10. The van der Waals surface area contributed by atoms with Crippen LogP contribution in [0.3, 0.4) is 0 Å². The van der Waals surface area contributed by atoms with Gasteiger partial charge in [0, 0.05) is 0 Å². The Labute approximate surface area is 185 Å². The van der Waals surface area contributed by atoms with Crippen LogP contribution in [0.4, 0.5) is 0 Å². The average molecular weight is 427 g/mol. The molecule has 0 radical (unpaired) electrons. The monoisotopic (exact) mass is 426 g/mol. The van der Waals surface area contributed by atoms with Crippen molar-refractivity contribution in [2.45, 2.75) is 57.2 Å². The molecule has 3 atom stereocenters. The van der Waals surface area contributed by atoms with Crippen LogP contribution in [0.5, 0.6) is 5.75 Å². The van der Waals surface area contributed by atoms with Crippen molar-refractivity contribution in [2.75, 3.05) is 20.3 Å². The highest BCUT2D eigenvalue weighted by atomic mass is 16.6. The summed E-state index contributed by atoms with van der Waals surface area (Å²) in [6, 6.07) is 17.9. The minimum Gasteiger partial charge on any atom is -0.497 e. The van der Waals surface area contributed by atoms with Crippen molar-refractivity contribution in [3.63, 3.8) is 0 Å². The minimum atomic E-state index is -0.406. The number of hydrogen-bond acceptors (Lipinski definition) is 5. The third-order valence-electron chi connectivity index (χ3n) is 5.26. The van der Waals surface area contributed by atoms with Crippen molar-refractivity contribution in [1.82, 2.24) is 0 Å². The van der Waals surface area contributed by atoms with Crippen molar-refractivity contribution in [1.29, 1.82) is 0 Å². The highest BCUT2D eigenvalue weighted by Crippen LogP contribution is 2.26. The number of benzene rings is 2. The molecule has 1 fully saturated rings. The largest absolute Gasteiger partial charge is 0.497 e. The van der Waals surface area contributed by atoms with E-state index in [1.165, 1.54) is 0 Å². The van der Waals surface area contributed by atoms with Gasteiger partial charge in [-0.15, -0.1) is 0 Å². The Morgan fingerprint density at radius 2 is 1.68 bits per heavy atom. The van der Waals surface area contributed by atoms with Gasteiger partial charge in [0.1, 0.15) is 11.9 Å². The van der Waals surface area contributed by atoms with E-state index in [0.29, 0.717) is 26.4 Å². The van der Waals surface area contributed by atoms with E-state index in [1.807, 2.05) is 54.6 Å². The van der Waals surface area contributed by atoms with Crippen molar-refractivity contribution < 1.29 is 24.1 Å². The maximum absolute atomic E-state index is 10.0. The zero-order valence-electron chi connectivity index (χ0n) is 18.3. The van der Waals surface area contributed by atoms with Crippen LogP contribution < -0.4 is 4.74 Å². The van der Waals surface area contributed by atoms with Crippen LogP contribution in [-0.4, -0.2) is 43.7 Å². The smallest absolute Gasteiger partial charge is 0.118 e. The number of allylic oxidation sites excluding steroid dienone is 1. The second-order valence-corrected chi connectivity index (χ2v) is 7.87. The molecule has 2 aromatic carbocycles. The van der Waals surface area contributed by atoms with Crippen LogP contribution in [0.25, 0.3) is 0 Å². The molecule has 2 aromatic rings. The van der Waals surface area contributed by atoms with E-state index in [0.717, 1.165) is 42.6 Å². The fourth-order valence-corrected chi connectivity index (χ4v) is 3.34. The second kappa shape index (κ2) is 13.3. The van der Waals surface area contributed by atoms with Crippen molar-refractivity contribution in [2.24, 2.45) is 0 Å². The molecule has 1 N–H and O–H groups in total. The molecule has 5 nitrogen and oxygen atoms in total. The number of aliphatic hydroxyl groups excluding tert-OH is 1. The van der Waals surface area contributed by atoms with E-state index in [-0.39, 0.29) is 12.2 Å². The second-order valence-electron chi connectivity index (χ2n) is 7.87. The number of ether oxygens (including phenoxy) is 4. The van der Waals surface area contributed by atoms with Gasteiger partial charge in [0.25, 0.3) is 0 Å². The fraction of sp³-hybridized carbons (Fsp3) is 0.462. The lowest BCUT2D eigenvalue weighted by Crippen LogP contribution is -2.14. The molecule has 1 aliphatic rings. The number of methoxy groups -OCH3 is 1. The molecule has 0 spiro atoms. The van der Waals surface area contributed by atoms with Gasteiger partial charge in [-0.2, -0.15) is 0 Å². The Balaban J connectivity index is 1.15. The zero-order chi connectivity index (χ0) is 21.7. The molecule has 0 saturated carbocycles. The first-order valence-electron chi connectivity index (χ1n) is 11.1. The first kappa shape index (κ1) is 23.5. The summed E-state index contributed by atoms with van der Waals surface area (Å²) >= 11 is 0. The lowest BCUT2D eigenvalue weighted by atomic mass is 10.1. The van der Waals surface area contributed by atoms with Gasteiger partial charge in [-0.1, -0.05) is 54.6 Å². The molecule has 168 valence electrons. The highest BCUT2D eigenvalue weighted by Gasteiger charge is 2.37. The lowest BCUT2D eigenvalue weighted by molar-refractivity contribution is 0.0238. The Hall–Kier alpha value is -2.18. The van der Waals surface area contributed by atoms with Gasteiger partial charge in [0.2, 0.25) is 0 Å². The molecule has 1 heterocycles. The standard InChI is InChI=1S/C26H34O5/c1-28-24-15-13-22(14-16-24)18-30-20-26-25(31-26)12-8-3-2-7-11-23(27)19-29-17-21-9-5-4-6-10-21/h3-6,8-10,13-16,23,25-27H,2,7,11-12,17-20H2,1H3/b8-3-/t23-,25+,26-/m0/s1. The fourth-order valence-electron chi connectivity index (χ4n) is 3.34. The molecule has 5 heteroatoms. The summed E-state index contributed by atoms with van der Waals surface area (Å²) in [5.41, 5.74) is 2.26. The number of epoxide rings is 1. The van der Waals surface area contributed by atoms with Gasteiger partial charge >= 0.3 is 0 Å². The van der Waals surface area contributed by atoms with Crippen LogP contribution >= 0.6 is 0 Å². The molecule has 0 aromatic heterocycles. The van der Waals surface area contributed by atoms with E-state index in [2.05, 4.69) is 12.2 Å². The average Bonchev–Trinajstić information content (AvgIpc) is 3.55. The summed E-state index contributed by atoms with van der Waals surface area (Å²) in [5, 5.41) is 10.0. The van der Waals surface area contributed by atoms with Gasteiger partial charge < -0.3 is 24.1 Å². The molecule has 0 amide bonds. The third-order valence-corrected chi connectivity index (χ3v) is 5.26. The number of hydrogen-bond donors (Lipinski definition) is 1. The number of rotatable bonds is 15. The topological polar surface area (TPSA) is 60.5 Å². The summed E-state index contributed by atoms with van der Waals surface area (Å²) in [6.07, 6.45) is 7.99. The van der Waals surface area contributed by atoms with Crippen molar-refractivity contribution >= 4 is 0 Å². The molecule has 0 bridgehead atoms. The molecule has 0 unspecified atom stereocenters. The van der Waals surface area contributed by atoms with Crippen LogP contribution in [0.15, 0.2) is 66.7 Å². The summed E-state index contributed by atoms with van der Waals surface area (Å²) in [4.78, 5) is 0. The van der Waals surface area contributed by atoms with Crippen LogP contribution in [-0.2, 0) is 27.4 Å². The Bertz CT molecular complexity index is 759. The predicted molar refractivity (Wildman–Crippen MR) is 121 cm³/mol. The van der Waals surface area contributed by atoms with E-state index in [1.54, 1.807) is 7.11 Å². The van der Waals surface area contributed by atoms with Gasteiger partial charge in [0.15, 0.2) is 0 Å². The van der Waals surface area contributed by atoms with Gasteiger partial charge in [-0.3, -0.25) is 0 Å². The summed E-state index contributed by atoms with van der Waals surface area (Å²) in [6.45, 7) is 2.14. The first-order chi connectivity index (χ1) is 15.2. The maximum atomic E-state index is 10.0. The quantitative estimate of drug-likeness (QED) is 0.255. The van der Waals surface area contributed by atoms with Gasteiger partial charge in [0.05, 0.1) is 45.7 Å². The molecule has 1 saturated heterocycles. The van der Waals surface area contributed by atoms with Crippen LogP contribution in [0.1, 0.15) is 36.8 Å². The Morgan fingerprint density at radius 1 is 0.935 bits per heavy atom. The zero-order valence-corrected chi connectivity index (χ0v) is 18.3. The van der Waals surface area contributed by atoms with E-state index in [4.69, 9.17) is 18.9 Å². The predicted octanol–water partition coefficient (Wildman–Crippen LogP) is 4.67. The normalized spacial score (nSPS) is 18.9. The van der Waals surface area contributed by atoms with E-state index in [9.17, 15) is 5.11 Å². The molecular formula is C26H34O5. The third kappa shape index (κ3) is 9.23. The Morgan fingerprint density at radius 3 is 2.45 bits per heavy atom. The summed E-state index contributed by atoms with van der Waals surface area (Å²) in [7, 11) is 1.66. The molecule has 31 heavy (non-hydrogen) atoms. The van der Waals surface area contributed by atoms with Crippen LogP contribution in [0, 0.1) is 0 Å². The first-order valence-corrected chi connectivity index (χ1v) is 11.1.